The molecule has 0 radical (unpaired) electrons. The Morgan fingerprint density at radius 1 is 1.14 bits per heavy atom. The molecule has 1 saturated heterocycles. The second-order valence-corrected chi connectivity index (χ2v) is 7.40. The maximum Gasteiger partial charge on any atom is 0.414 e. The first-order chi connectivity index (χ1) is 14.1. The Hall–Kier alpha value is -3.39. The molecule has 148 valence electrons. The van der Waals surface area contributed by atoms with Gasteiger partial charge >= 0.3 is 6.09 Å². The molecule has 2 fully saturated rings. The average Bonchev–Trinajstić information content (AvgIpc) is 3.15. The fourth-order valence-electron chi connectivity index (χ4n) is 3.36. The van der Waals surface area contributed by atoms with Gasteiger partial charge in [0.1, 0.15) is 12.9 Å². The maximum atomic E-state index is 12.2. The van der Waals surface area contributed by atoms with Crippen molar-refractivity contribution in [1.82, 2.24) is 10.1 Å². The SMILES string of the molecule is NC1(c2ccc(-c3ccc(N4C[C@H](COc5ccon5)OC4=O)cc3)cn2)CC1. The normalized spacial score (nSPS) is 19.8. The molecule has 5 rings (SSSR count). The summed E-state index contributed by atoms with van der Waals surface area (Å²) in [6, 6.07) is 13.4. The predicted molar refractivity (Wildman–Crippen MR) is 104 cm³/mol. The molecule has 8 heteroatoms. The standard InChI is InChI=1S/C21H20N4O4/c22-21(8-9-21)18-6-3-15(11-23-18)14-1-4-16(5-2-14)25-12-17(29-20(25)26)13-27-19-7-10-28-24-19/h1-7,10-11,17H,8-9,12-13,22H2/t17-/m1/s1. The summed E-state index contributed by atoms with van der Waals surface area (Å²) in [6.07, 6.45) is 4.48. The molecule has 2 aromatic heterocycles. The second kappa shape index (κ2) is 6.89. The van der Waals surface area contributed by atoms with Gasteiger partial charge in [0, 0.05) is 23.5 Å². The quantitative estimate of drug-likeness (QED) is 0.687. The monoisotopic (exact) mass is 392 g/mol. The molecule has 0 spiro atoms. The number of rotatable bonds is 6. The topological polar surface area (TPSA) is 104 Å². The summed E-state index contributed by atoms with van der Waals surface area (Å²) < 4.78 is 15.5. The fourth-order valence-corrected chi connectivity index (χ4v) is 3.36. The highest BCUT2D eigenvalue weighted by atomic mass is 16.6. The minimum Gasteiger partial charge on any atom is -0.471 e. The van der Waals surface area contributed by atoms with Crippen LogP contribution >= 0.6 is 0 Å². The molecule has 1 aliphatic heterocycles. The van der Waals surface area contributed by atoms with Crippen LogP contribution in [0.15, 0.2) is 59.4 Å². The molecule has 2 aliphatic rings. The number of nitrogens with two attached hydrogens (primary N) is 1. The summed E-state index contributed by atoms with van der Waals surface area (Å²) in [5.41, 5.74) is 9.70. The van der Waals surface area contributed by atoms with Crippen molar-refractivity contribution in [2.75, 3.05) is 18.1 Å². The van der Waals surface area contributed by atoms with Crippen LogP contribution in [0.4, 0.5) is 10.5 Å². The van der Waals surface area contributed by atoms with Crippen LogP contribution < -0.4 is 15.4 Å². The van der Waals surface area contributed by atoms with Crippen LogP contribution in [0.1, 0.15) is 18.5 Å². The van der Waals surface area contributed by atoms with Crippen molar-refractivity contribution in [1.29, 1.82) is 0 Å². The van der Waals surface area contributed by atoms with Gasteiger partial charge in [0.2, 0.25) is 0 Å². The minimum atomic E-state index is -0.393. The number of ether oxygens (including phenoxy) is 2. The maximum absolute atomic E-state index is 12.2. The summed E-state index contributed by atoms with van der Waals surface area (Å²) in [4.78, 5) is 18.3. The Morgan fingerprint density at radius 3 is 2.59 bits per heavy atom. The fraction of sp³-hybridized carbons (Fsp3) is 0.286. The lowest BCUT2D eigenvalue weighted by Crippen LogP contribution is -2.26. The Labute approximate surface area is 167 Å². The molecule has 1 aromatic carbocycles. The molecule has 1 amide bonds. The second-order valence-electron chi connectivity index (χ2n) is 7.40. The van der Waals surface area contributed by atoms with Crippen LogP contribution in [0.3, 0.4) is 0 Å². The van der Waals surface area contributed by atoms with Crippen LogP contribution in [0.5, 0.6) is 5.88 Å². The van der Waals surface area contributed by atoms with E-state index in [4.69, 9.17) is 19.7 Å². The zero-order chi connectivity index (χ0) is 19.8. The lowest BCUT2D eigenvalue weighted by atomic mass is 10.1. The number of anilines is 1. The highest BCUT2D eigenvalue weighted by Crippen LogP contribution is 2.41. The van der Waals surface area contributed by atoms with E-state index >= 15 is 0 Å². The number of cyclic esters (lactones) is 1. The van der Waals surface area contributed by atoms with Gasteiger partial charge in [-0.15, -0.1) is 0 Å². The van der Waals surface area contributed by atoms with Gasteiger partial charge in [-0.25, -0.2) is 4.79 Å². The molecule has 1 saturated carbocycles. The number of pyridine rings is 1. The summed E-state index contributed by atoms with van der Waals surface area (Å²) >= 11 is 0. The van der Waals surface area contributed by atoms with Crippen molar-refractivity contribution in [3.63, 3.8) is 0 Å². The molecule has 1 atom stereocenters. The van der Waals surface area contributed by atoms with E-state index in [1.165, 1.54) is 6.26 Å². The van der Waals surface area contributed by atoms with Crippen LogP contribution in [-0.4, -0.2) is 35.5 Å². The Balaban J connectivity index is 1.24. The first-order valence-corrected chi connectivity index (χ1v) is 9.48. The molecule has 29 heavy (non-hydrogen) atoms. The van der Waals surface area contributed by atoms with E-state index in [2.05, 4.69) is 10.1 Å². The van der Waals surface area contributed by atoms with Crippen molar-refractivity contribution in [2.24, 2.45) is 5.73 Å². The summed E-state index contributed by atoms with van der Waals surface area (Å²) in [5, 5.41) is 3.67. The molecule has 2 N–H and O–H groups in total. The van der Waals surface area contributed by atoms with E-state index < -0.39 is 6.09 Å². The molecule has 0 bridgehead atoms. The van der Waals surface area contributed by atoms with Gasteiger partial charge in [0.05, 0.1) is 17.8 Å². The van der Waals surface area contributed by atoms with Crippen LogP contribution in [-0.2, 0) is 10.3 Å². The summed E-state index contributed by atoms with van der Waals surface area (Å²) in [6.45, 7) is 0.623. The number of hydrogen-bond donors (Lipinski definition) is 1. The van der Waals surface area contributed by atoms with E-state index in [0.29, 0.717) is 12.4 Å². The van der Waals surface area contributed by atoms with Crippen LogP contribution in [0.2, 0.25) is 0 Å². The third-order valence-corrected chi connectivity index (χ3v) is 5.28. The van der Waals surface area contributed by atoms with Gasteiger partial charge in [-0.1, -0.05) is 18.2 Å². The number of benzene rings is 1. The van der Waals surface area contributed by atoms with Crippen molar-refractivity contribution >= 4 is 11.8 Å². The molecule has 0 unspecified atom stereocenters. The Bertz CT molecular complexity index is 998. The minimum absolute atomic E-state index is 0.216. The molecule has 3 heterocycles. The highest BCUT2D eigenvalue weighted by molar-refractivity contribution is 5.90. The van der Waals surface area contributed by atoms with Crippen LogP contribution in [0, 0.1) is 0 Å². The lowest BCUT2D eigenvalue weighted by Gasteiger charge is -2.14. The summed E-state index contributed by atoms with van der Waals surface area (Å²) in [7, 11) is 0. The molecular formula is C21H20N4O4. The Kier molecular flexibility index (Phi) is 4.21. The van der Waals surface area contributed by atoms with E-state index in [1.54, 1.807) is 11.0 Å². The van der Waals surface area contributed by atoms with E-state index in [9.17, 15) is 4.79 Å². The highest BCUT2D eigenvalue weighted by Gasteiger charge is 2.41. The van der Waals surface area contributed by atoms with Gasteiger partial charge in [-0.05, 0) is 41.8 Å². The molecule has 1 aliphatic carbocycles. The zero-order valence-electron chi connectivity index (χ0n) is 15.7. The first-order valence-electron chi connectivity index (χ1n) is 9.48. The molecule has 8 nitrogen and oxygen atoms in total. The largest absolute Gasteiger partial charge is 0.471 e. The van der Waals surface area contributed by atoms with Gasteiger partial charge in [-0.3, -0.25) is 9.88 Å². The Morgan fingerprint density at radius 2 is 1.93 bits per heavy atom. The third kappa shape index (κ3) is 3.54. The average molecular weight is 392 g/mol. The van der Waals surface area contributed by atoms with Crippen molar-refractivity contribution in [2.45, 2.75) is 24.5 Å². The zero-order valence-corrected chi connectivity index (χ0v) is 15.7. The number of carbonyl (C=O) groups is 1. The van der Waals surface area contributed by atoms with Gasteiger partial charge in [-0.2, -0.15) is 0 Å². The number of nitrogens with zero attached hydrogens (tertiary/aromatic N) is 3. The number of aromatic nitrogens is 2. The number of amides is 1. The molecule has 3 aromatic rings. The van der Waals surface area contributed by atoms with Crippen molar-refractivity contribution < 1.29 is 18.8 Å². The summed E-state index contributed by atoms with van der Waals surface area (Å²) in [5.74, 6) is 0.366. The molecular weight excluding hydrogens is 372 g/mol. The first kappa shape index (κ1) is 17.7. The van der Waals surface area contributed by atoms with Gasteiger partial charge in [0.25, 0.3) is 5.88 Å². The van der Waals surface area contributed by atoms with E-state index in [1.807, 2.05) is 42.6 Å². The van der Waals surface area contributed by atoms with Crippen molar-refractivity contribution in [3.8, 4) is 17.0 Å². The van der Waals surface area contributed by atoms with E-state index in [-0.39, 0.29) is 18.2 Å². The van der Waals surface area contributed by atoms with E-state index in [0.717, 1.165) is 35.3 Å². The van der Waals surface area contributed by atoms with Gasteiger partial charge in [0.15, 0.2) is 6.10 Å². The number of carbonyl (C=O) groups excluding carboxylic acids is 1. The van der Waals surface area contributed by atoms with Crippen molar-refractivity contribution in [3.05, 3.63) is 60.6 Å². The number of hydrogen-bond acceptors (Lipinski definition) is 7. The third-order valence-electron chi connectivity index (χ3n) is 5.28. The smallest absolute Gasteiger partial charge is 0.414 e. The van der Waals surface area contributed by atoms with Crippen LogP contribution in [0.25, 0.3) is 11.1 Å². The lowest BCUT2D eigenvalue weighted by molar-refractivity contribution is 0.102. The van der Waals surface area contributed by atoms with Gasteiger partial charge < -0.3 is 19.7 Å². The predicted octanol–water partition coefficient (Wildman–Crippen LogP) is 3.09.